The van der Waals surface area contributed by atoms with Crippen molar-refractivity contribution in [1.82, 2.24) is 25.2 Å². The molecule has 0 radical (unpaired) electrons. The highest BCUT2D eigenvalue weighted by Gasteiger charge is 2.29. The van der Waals surface area contributed by atoms with Gasteiger partial charge in [0.05, 0.1) is 16.0 Å². The van der Waals surface area contributed by atoms with Gasteiger partial charge in [0.1, 0.15) is 5.69 Å². The molecule has 3 rings (SSSR count). The van der Waals surface area contributed by atoms with Gasteiger partial charge in [-0.2, -0.15) is 10.1 Å². The van der Waals surface area contributed by atoms with E-state index in [0.29, 0.717) is 11.7 Å². The second-order valence-electron chi connectivity index (χ2n) is 5.77. The van der Waals surface area contributed by atoms with Crippen molar-refractivity contribution >= 4 is 17.2 Å². The first-order valence-electron chi connectivity index (χ1n) is 7.07. The van der Waals surface area contributed by atoms with E-state index >= 15 is 0 Å². The number of thiophene rings is 1. The van der Waals surface area contributed by atoms with Crippen molar-refractivity contribution in [3.05, 3.63) is 29.5 Å². The molecule has 3 heterocycles. The monoisotopic (exact) mass is 331 g/mol. The van der Waals surface area contributed by atoms with Crippen LogP contribution in [0.25, 0.3) is 22.0 Å². The quantitative estimate of drug-likeness (QED) is 0.794. The van der Waals surface area contributed by atoms with Gasteiger partial charge in [0.2, 0.25) is 5.91 Å². The van der Waals surface area contributed by atoms with Gasteiger partial charge in [-0.1, -0.05) is 11.2 Å². The van der Waals surface area contributed by atoms with Crippen molar-refractivity contribution in [2.24, 2.45) is 7.05 Å². The van der Waals surface area contributed by atoms with Crippen LogP contribution in [0.1, 0.15) is 26.6 Å². The van der Waals surface area contributed by atoms with E-state index in [1.807, 2.05) is 44.6 Å². The molecule has 0 aliphatic rings. The van der Waals surface area contributed by atoms with Crippen molar-refractivity contribution in [2.45, 2.75) is 26.3 Å². The zero-order valence-electron chi connectivity index (χ0n) is 13.3. The summed E-state index contributed by atoms with van der Waals surface area (Å²) in [5, 5.41) is 13.3. The second kappa shape index (κ2) is 5.62. The first kappa shape index (κ1) is 15.4. The molecule has 1 N–H and O–H groups in total. The van der Waals surface area contributed by atoms with Crippen LogP contribution in [0.2, 0.25) is 0 Å². The Bertz CT molecular complexity index is 832. The van der Waals surface area contributed by atoms with Crippen LogP contribution in [0.5, 0.6) is 0 Å². The number of aryl methyl sites for hydroxylation is 1. The molecule has 3 aromatic rings. The highest BCUT2D eigenvalue weighted by atomic mass is 32.1. The normalized spacial score (nSPS) is 11.7. The van der Waals surface area contributed by atoms with Crippen LogP contribution in [0.4, 0.5) is 0 Å². The molecular weight excluding hydrogens is 314 g/mol. The van der Waals surface area contributed by atoms with Gasteiger partial charge in [0, 0.05) is 20.2 Å². The summed E-state index contributed by atoms with van der Waals surface area (Å²) in [6.45, 7) is 5.11. The van der Waals surface area contributed by atoms with E-state index < -0.39 is 5.54 Å². The summed E-state index contributed by atoms with van der Waals surface area (Å²) in [4.78, 5) is 16.8. The fraction of sp³-hybridized carbons (Fsp3) is 0.333. The Morgan fingerprint density at radius 1 is 1.43 bits per heavy atom. The number of nitrogens with zero attached hydrogens (tertiary/aromatic N) is 4. The molecule has 0 fully saturated rings. The van der Waals surface area contributed by atoms with Gasteiger partial charge in [-0.15, -0.1) is 11.3 Å². The van der Waals surface area contributed by atoms with Gasteiger partial charge < -0.3 is 9.84 Å². The van der Waals surface area contributed by atoms with Crippen molar-refractivity contribution in [3.63, 3.8) is 0 Å². The number of rotatable bonds is 4. The Morgan fingerprint density at radius 2 is 2.22 bits per heavy atom. The average molecular weight is 331 g/mol. The van der Waals surface area contributed by atoms with E-state index in [1.54, 1.807) is 16.0 Å². The largest absolute Gasteiger partial charge is 0.344 e. The number of nitrogens with one attached hydrogen (secondary N) is 1. The zero-order valence-corrected chi connectivity index (χ0v) is 14.1. The molecule has 8 heteroatoms. The van der Waals surface area contributed by atoms with Gasteiger partial charge in [-0.25, -0.2) is 0 Å². The highest BCUT2D eigenvalue weighted by Crippen LogP contribution is 2.33. The maximum absolute atomic E-state index is 11.3. The standard InChI is InChI=1S/C15H17N5O2S/c1-9(21)17-15(2,3)14-16-13(22-19-14)10-8-20(4)18-12(10)11-6-5-7-23-11/h5-8H,1-4H3,(H,17,21). The van der Waals surface area contributed by atoms with E-state index in [1.165, 1.54) is 6.92 Å². The predicted octanol–water partition coefficient (Wildman–Crippen LogP) is 2.57. The van der Waals surface area contributed by atoms with Crippen molar-refractivity contribution in [1.29, 1.82) is 0 Å². The van der Waals surface area contributed by atoms with Crippen LogP contribution < -0.4 is 5.32 Å². The van der Waals surface area contributed by atoms with Gasteiger partial charge in [-0.3, -0.25) is 9.48 Å². The van der Waals surface area contributed by atoms with Gasteiger partial charge in [0.15, 0.2) is 5.82 Å². The molecule has 1 amide bonds. The molecule has 23 heavy (non-hydrogen) atoms. The first-order chi connectivity index (χ1) is 10.9. The summed E-state index contributed by atoms with van der Waals surface area (Å²) in [6, 6.07) is 3.96. The molecule has 0 aliphatic carbocycles. The van der Waals surface area contributed by atoms with Crippen LogP contribution >= 0.6 is 11.3 Å². The lowest BCUT2D eigenvalue weighted by atomic mass is 10.1. The van der Waals surface area contributed by atoms with Crippen LogP contribution in [0, 0.1) is 0 Å². The molecule has 0 atom stereocenters. The molecule has 3 aromatic heterocycles. The van der Waals surface area contributed by atoms with Crippen LogP contribution in [-0.2, 0) is 17.4 Å². The summed E-state index contributed by atoms with van der Waals surface area (Å²) < 4.78 is 7.13. The smallest absolute Gasteiger partial charge is 0.261 e. The topological polar surface area (TPSA) is 85.8 Å². The van der Waals surface area contributed by atoms with Crippen LogP contribution in [-0.4, -0.2) is 25.8 Å². The Hall–Kier alpha value is -2.48. The number of carbonyl (C=O) groups is 1. The molecule has 0 bridgehead atoms. The Morgan fingerprint density at radius 3 is 2.87 bits per heavy atom. The van der Waals surface area contributed by atoms with E-state index in [0.717, 1.165) is 16.1 Å². The molecule has 120 valence electrons. The maximum atomic E-state index is 11.3. The van der Waals surface area contributed by atoms with Gasteiger partial charge >= 0.3 is 0 Å². The Labute approximate surface area is 137 Å². The summed E-state index contributed by atoms with van der Waals surface area (Å²) in [6.07, 6.45) is 1.84. The lowest BCUT2D eigenvalue weighted by molar-refractivity contribution is -0.120. The Kier molecular flexibility index (Phi) is 3.77. The zero-order chi connectivity index (χ0) is 16.6. The number of hydrogen-bond donors (Lipinski definition) is 1. The minimum absolute atomic E-state index is 0.151. The van der Waals surface area contributed by atoms with Crippen molar-refractivity contribution in [2.75, 3.05) is 0 Å². The minimum atomic E-state index is -0.709. The molecule has 0 aromatic carbocycles. The number of aromatic nitrogens is 4. The van der Waals surface area contributed by atoms with Gasteiger partial charge in [0.25, 0.3) is 5.89 Å². The summed E-state index contributed by atoms with van der Waals surface area (Å²) in [5.41, 5.74) is 0.862. The molecule has 0 saturated carbocycles. The van der Waals surface area contributed by atoms with Crippen LogP contribution in [0.15, 0.2) is 28.2 Å². The van der Waals surface area contributed by atoms with E-state index in [2.05, 4.69) is 20.6 Å². The Balaban J connectivity index is 2.00. The predicted molar refractivity (Wildman–Crippen MR) is 86.7 cm³/mol. The molecule has 0 spiro atoms. The SMILES string of the molecule is CC(=O)NC(C)(C)c1noc(-c2cn(C)nc2-c2cccs2)n1. The third-order valence-electron chi connectivity index (χ3n) is 3.29. The summed E-state index contributed by atoms with van der Waals surface area (Å²) in [5.74, 6) is 0.653. The van der Waals surface area contributed by atoms with E-state index in [-0.39, 0.29) is 5.91 Å². The van der Waals surface area contributed by atoms with Gasteiger partial charge in [-0.05, 0) is 25.3 Å². The summed E-state index contributed by atoms with van der Waals surface area (Å²) >= 11 is 1.60. The molecule has 0 aliphatic heterocycles. The number of hydrogen-bond acceptors (Lipinski definition) is 6. The summed E-state index contributed by atoms with van der Waals surface area (Å²) in [7, 11) is 1.85. The second-order valence-corrected chi connectivity index (χ2v) is 6.72. The van der Waals surface area contributed by atoms with Crippen molar-refractivity contribution in [3.8, 4) is 22.0 Å². The number of amides is 1. The van der Waals surface area contributed by atoms with E-state index in [9.17, 15) is 4.79 Å². The van der Waals surface area contributed by atoms with E-state index in [4.69, 9.17) is 4.52 Å². The lowest BCUT2D eigenvalue weighted by Crippen LogP contribution is -2.40. The fourth-order valence-electron chi connectivity index (χ4n) is 2.32. The third kappa shape index (κ3) is 3.02. The lowest BCUT2D eigenvalue weighted by Gasteiger charge is -2.20. The highest BCUT2D eigenvalue weighted by molar-refractivity contribution is 7.13. The maximum Gasteiger partial charge on any atom is 0.261 e. The third-order valence-corrected chi connectivity index (χ3v) is 4.16. The van der Waals surface area contributed by atoms with Crippen LogP contribution in [0.3, 0.4) is 0 Å². The molecule has 0 unspecified atom stereocenters. The average Bonchev–Trinajstić information content (AvgIpc) is 3.16. The first-order valence-corrected chi connectivity index (χ1v) is 7.95. The van der Waals surface area contributed by atoms with Crippen molar-refractivity contribution < 1.29 is 9.32 Å². The molecule has 0 saturated heterocycles. The number of carbonyl (C=O) groups excluding carboxylic acids is 1. The molecule has 7 nitrogen and oxygen atoms in total. The molecular formula is C15H17N5O2S. The minimum Gasteiger partial charge on any atom is -0.344 e. The fourth-order valence-corrected chi connectivity index (χ4v) is 3.05.